The van der Waals surface area contributed by atoms with Gasteiger partial charge in [-0.2, -0.15) is 11.8 Å². The second-order valence-electron chi connectivity index (χ2n) is 4.23. The summed E-state index contributed by atoms with van der Waals surface area (Å²) in [5.74, 6) is 1.27. The van der Waals surface area contributed by atoms with Gasteiger partial charge in [-0.3, -0.25) is 0 Å². The lowest BCUT2D eigenvalue weighted by Gasteiger charge is -2.32. The zero-order valence-electron chi connectivity index (χ0n) is 9.58. The fourth-order valence-corrected chi connectivity index (χ4v) is 2.53. The Labute approximate surface area is 92.2 Å². The van der Waals surface area contributed by atoms with Gasteiger partial charge in [0.1, 0.15) is 0 Å². The van der Waals surface area contributed by atoms with Crippen LogP contribution in [0.25, 0.3) is 0 Å². The van der Waals surface area contributed by atoms with E-state index in [0.29, 0.717) is 18.2 Å². The van der Waals surface area contributed by atoms with Crippen LogP contribution in [0.3, 0.4) is 0 Å². The van der Waals surface area contributed by atoms with Crippen LogP contribution in [0.1, 0.15) is 33.1 Å². The van der Waals surface area contributed by atoms with Crippen LogP contribution < -0.4 is 5.32 Å². The average Bonchev–Trinajstić information content (AvgIpc) is 2.11. The first-order valence-corrected chi connectivity index (χ1v) is 6.99. The molecular weight excluding hydrogens is 194 g/mol. The highest BCUT2D eigenvalue weighted by Gasteiger charge is 2.23. The predicted octanol–water partition coefficient (Wildman–Crippen LogP) is 2.29. The fraction of sp³-hybridized carbons (Fsp3) is 1.00. The minimum absolute atomic E-state index is 0.428. The number of rotatable bonds is 5. The van der Waals surface area contributed by atoms with Gasteiger partial charge in [0.2, 0.25) is 0 Å². The van der Waals surface area contributed by atoms with E-state index in [1.54, 1.807) is 0 Å². The van der Waals surface area contributed by atoms with Crippen LogP contribution >= 0.6 is 11.8 Å². The van der Waals surface area contributed by atoms with Gasteiger partial charge < -0.3 is 10.1 Å². The van der Waals surface area contributed by atoms with Crippen LogP contribution in [0, 0.1) is 0 Å². The third kappa shape index (κ3) is 4.67. The minimum Gasteiger partial charge on any atom is -0.375 e. The summed E-state index contributed by atoms with van der Waals surface area (Å²) in [6.07, 6.45) is 6.64. The molecule has 3 heteroatoms. The van der Waals surface area contributed by atoms with Gasteiger partial charge in [0.25, 0.3) is 0 Å². The molecule has 84 valence electrons. The van der Waals surface area contributed by atoms with Crippen LogP contribution in [0.15, 0.2) is 0 Å². The Morgan fingerprint density at radius 1 is 1.29 bits per heavy atom. The number of ether oxygens (including phenoxy) is 1. The zero-order chi connectivity index (χ0) is 10.4. The Kier molecular flexibility index (Phi) is 5.90. The molecular formula is C11H23NOS. The quantitative estimate of drug-likeness (QED) is 0.714. The zero-order valence-corrected chi connectivity index (χ0v) is 10.4. The molecule has 2 nitrogen and oxygen atoms in total. The van der Waals surface area contributed by atoms with Crippen molar-refractivity contribution in [2.45, 2.75) is 51.4 Å². The Morgan fingerprint density at radius 3 is 2.50 bits per heavy atom. The molecule has 14 heavy (non-hydrogen) atoms. The van der Waals surface area contributed by atoms with E-state index < -0.39 is 0 Å². The maximum absolute atomic E-state index is 5.70. The molecule has 0 bridgehead atoms. The Balaban J connectivity index is 2.10. The maximum Gasteiger partial charge on any atom is 0.0565 e. The molecule has 1 heterocycles. The summed E-state index contributed by atoms with van der Waals surface area (Å²) in [5.41, 5.74) is 0. The molecule has 0 radical (unpaired) electrons. The van der Waals surface area contributed by atoms with Gasteiger partial charge in [-0.05, 0) is 51.7 Å². The molecule has 1 saturated heterocycles. The normalized spacial score (nSPS) is 33.2. The molecule has 2 atom stereocenters. The summed E-state index contributed by atoms with van der Waals surface area (Å²) in [6, 6.07) is 0.676. The van der Waals surface area contributed by atoms with E-state index in [4.69, 9.17) is 4.74 Å². The molecule has 1 N–H and O–H groups in total. The second-order valence-corrected chi connectivity index (χ2v) is 5.21. The maximum atomic E-state index is 5.70. The van der Waals surface area contributed by atoms with Crippen molar-refractivity contribution in [3.63, 3.8) is 0 Å². The van der Waals surface area contributed by atoms with E-state index >= 15 is 0 Å². The van der Waals surface area contributed by atoms with Crippen molar-refractivity contribution in [2.75, 3.05) is 18.6 Å². The number of thioether (sulfide) groups is 1. The Hall–Kier alpha value is 0.270. The largest absolute Gasteiger partial charge is 0.375 e. The first-order valence-electron chi connectivity index (χ1n) is 5.60. The van der Waals surface area contributed by atoms with Gasteiger partial charge >= 0.3 is 0 Å². The first-order chi connectivity index (χ1) is 6.72. The van der Waals surface area contributed by atoms with E-state index in [1.807, 2.05) is 11.8 Å². The molecule has 1 rings (SSSR count). The third-order valence-corrected chi connectivity index (χ3v) is 3.35. The molecule has 0 aliphatic carbocycles. The van der Waals surface area contributed by atoms with E-state index in [0.717, 1.165) is 6.54 Å². The molecule has 1 aliphatic heterocycles. The van der Waals surface area contributed by atoms with Crippen molar-refractivity contribution < 1.29 is 4.74 Å². The van der Waals surface area contributed by atoms with E-state index in [1.165, 1.54) is 25.0 Å². The topological polar surface area (TPSA) is 21.3 Å². The summed E-state index contributed by atoms with van der Waals surface area (Å²) in [6.45, 7) is 5.50. The highest BCUT2D eigenvalue weighted by atomic mass is 32.2. The SMILES string of the molecule is CSCCCNC1CC(C)OC(C)C1. The monoisotopic (exact) mass is 217 g/mol. The summed E-state index contributed by atoms with van der Waals surface area (Å²) in [5, 5.41) is 3.62. The van der Waals surface area contributed by atoms with Gasteiger partial charge in [0.15, 0.2) is 0 Å². The molecule has 0 saturated carbocycles. The van der Waals surface area contributed by atoms with Crippen LogP contribution in [0.4, 0.5) is 0 Å². The van der Waals surface area contributed by atoms with Gasteiger partial charge in [-0.1, -0.05) is 0 Å². The predicted molar refractivity (Wildman–Crippen MR) is 64.0 cm³/mol. The van der Waals surface area contributed by atoms with Gasteiger partial charge in [-0.15, -0.1) is 0 Å². The molecule has 0 aromatic carbocycles. The summed E-state index contributed by atoms with van der Waals surface area (Å²) >= 11 is 1.92. The summed E-state index contributed by atoms with van der Waals surface area (Å²) in [7, 11) is 0. The van der Waals surface area contributed by atoms with Gasteiger partial charge in [0.05, 0.1) is 12.2 Å². The van der Waals surface area contributed by atoms with E-state index in [-0.39, 0.29) is 0 Å². The van der Waals surface area contributed by atoms with E-state index in [9.17, 15) is 0 Å². The Morgan fingerprint density at radius 2 is 1.93 bits per heavy atom. The lowest BCUT2D eigenvalue weighted by molar-refractivity contribution is -0.0419. The van der Waals surface area contributed by atoms with Crippen LogP contribution in [0.2, 0.25) is 0 Å². The molecule has 1 fully saturated rings. The van der Waals surface area contributed by atoms with Crippen molar-refractivity contribution in [1.29, 1.82) is 0 Å². The van der Waals surface area contributed by atoms with Gasteiger partial charge in [-0.25, -0.2) is 0 Å². The second kappa shape index (κ2) is 6.70. The van der Waals surface area contributed by atoms with Crippen molar-refractivity contribution in [3.05, 3.63) is 0 Å². The lowest BCUT2D eigenvalue weighted by Crippen LogP contribution is -2.41. The van der Waals surface area contributed by atoms with E-state index in [2.05, 4.69) is 25.4 Å². The standard InChI is InChI=1S/C11H23NOS/c1-9-7-11(8-10(2)13-9)12-5-4-6-14-3/h9-12H,4-8H2,1-3H3. The smallest absolute Gasteiger partial charge is 0.0565 e. The average molecular weight is 217 g/mol. The fourth-order valence-electron chi connectivity index (χ4n) is 2.09. The highest BCUT2D eigenvalue weighted by Crippen LogP contribution is 2.18. The van der Waals surface area contributed by atoms with Crippen molar-refractivity contribution in [2.24, 2.45) is 0 Å². The summed E-state index contributed by atoms with van der Waals surface area (Å²) < 4.78 is 5.70. The molecule has 2 unspecified atom stereocenters. The Bertz CT molecular complexity index is 144. The minimum atomic E-state index is 0.428. The van der Waals surface area contributed by atoms with Crippen LogP contribution in [0.5, 0.6) is 0 Å². The van der Waals surface area contributed by atoms with Crippen molar-refractivity contribution in [1.82, 2.24) is 5.32 Å². The summed E-state index contributed by atoms with van der Waals surface area (Å²) in [4.78, 5) is 0. The molecule has 0 spiro atoms. The molecule has 1 aliphatic rings. The number of hydrogen-bond acceptors (Lipinski definition) is 3. The van der Waals surface area contributed by atoms with Gasteiger partial charge in [0, 0.05) is 6.04 Å². The highest BCUT2D eigenvalue weighted by molar-refractivity contribution is 7.98. The number of nitrogens with one attached hydrogen (secondary N) is 1. The van der Waals surface area contributed by atoms with Crippen LogP contribution in [-0.2, 0) is 4.74 Å². The molecule has 0 amide bonds. The molecule has 0 aromatic heterocycles. The third-order valence-electron chi connectivity index (χ3n) is 2.66. The number of hydrogen-bond donors (Lipinski definition) is 1. The lowest BCUT2D eigenvalue weighted by atomic mass is 10.00. The van der Waals surface area contributed by atoms with Crippen molar-refractivity contribution >= 4 is 11.8 Å². The first kappa shape index (κ1) is 12.3. The van der Waals surface area contributed by atoms with Crippen LogP contribution in [-0.4, -0.2) is 36.8 Å². The van der Waals surface area contributed by atoms with Crippen molar-refractivity contribution in [3.8, 4) is 0 Å². The molecule has 0 aromatic rings.